The highest BCUT2D eigenvalue weighted by Crippen LogP contribution is 2.21. The second-order valence-electron chi connectivity index (χ2n) is 2.25. The molecule has 1 heterocycles. The first-order chi connectivity index (χ1) is 6.56. The molecule has 0 unspecified atom stereocenters. The third kappa shape index (κ3) is 1.97. The number of aromatic nitrogens is 1. The summed E-state index contributed by atoms with van der Waals surface area (Å²) < 4.78 is 4.34. The number of halogens is 1. The topological polar surface area (TPSA) is 82.3 Å². The van der Waals surface area contributed by atoms with Crippen LogP contribution in [0.15, 0.2) is 12.1 Å². The molecule has 0 saturated carbocycles. The Balaban J connectivity index is 3.19. The summed E-state index contributed by atoms with van der Waals surface area (Å²) in [5.41, 5.74) is -0.149. The highest BCUT2D eigenvalue weighted by atomic mass is 35.5. The van der Waals surface area contributed by atoms with Crippen LogP contribution in [0.4, 0.5) is 5.82 Å². The fourth-order valence-electron chi connectivity index (χ4n) is 0.778. The van der Waals surface area contributed by atoms with E-state index in [0.29, 0.717) is 0 Å². The van der Waals surface area contributed by atoms with Crippen LogP contribution in [0.3, 0.4) is 0 Å². The zero-order valence-corrected chi connectivity index (χ0v) is 7.82. The monoisotopic (exact) mass is 216 g/mol. The Kier molecular flexibility index (Phi) is 2.98. The van der Waals surface area contributed by atoms with Gasteiger partial charge in [0.1, 0.15) is 5.02 Å². The van der Waals surface area contributed by atoms with Gasteiger partial charge in [-0.25, -0.2) is 4.79 Å². The molecule has 1 aromatic heterocycles. The van der Waals surface area contributed by atoms with E-state index in [1.807, 2.05) is 0 Å². The fraction of sp³-hybridized carbons (Fsp3) is 0.143. The number of rotatable bonds is 2. The van der Waals surface area contributed by atoms with Crippen LogP contribution in [0.25, 0.3) is 0 Å². The molecule has 0 amide bonds. The number of nitrogens with zero attached hydrogens (tertiary/aromatic N) is 2. The van der Waals surface area contributed by atoms with Crippen LogP contribution in [0.2, 0.25) is 5.02 Å². The van der Waals surface area contributed by atoms with Gasteiger partial charge in [0.25, 0.3) is 5.69 Å². The van der Waals surface area contributed by atoms with Crippen LogP contribution >= 0.6 is 11.6 Å². The van der Waals surface area contributed by atoms with E-state index >= 15 is 0 Å². The maximum Gasteiger partial charge on any atom is 0.383 e. The predicted octanol–water partition coefficient (Wildman–Crippen LogP) is 1.43. The zero-order chi connectivity index (χ0) is 10.7. The van der Waals surface area contributed by atoms with Crippen LogP contribution in [0.1, 0.15) is 10.5 Å². The Bertz CT molecular complexity index is 393. The van der Waals surface area contributed by atoms with Gasteiger partial charge in [0.2, 0.25) is 0 Å². The molecule has 0 aliphatic rings. The van der Waals surface area contributed by atoms with Crippen LogP contribution in [-0.4, -0.2) is 23.0 Å². The summed E-state index contributed by atoms with van der Waals surface area (Å²) in [5.74, 6) is -1.31. The number of esters is 1. The SMILES string of the molecule is COC(=O)c1ccc(Cl)c([N+](=O)[O-])n1. The van der Waals surface area contributed by atoms with Gasteiger partial charge in [0.05, 0.1) is 7.11 Å². The Labute approximate surface area is 83.6 Å². The van der Waals surface area contributed by atoms with E-state index in [1.54, 1.807) is 0 Å². The van der Waals surface area contributed by atoms with Gasteiger partial charge in [0, 0.05) is 0 Å². The average molecular weight is 217 g/mol. The quantitative estimate of drug-likeness (QED) is 0.424. The van der Waals surface area contributed by atoms with Gasteiger partial charge < -0.3 is 14.9 Å². The van der Waals surface area contributed by atoms with Gasteiger partial charge in [-0.15, -0.1) is 0 Å². The molecule has 0 fully saturated rings. The summed E-state index contributed by atoms with van der Waals surface area (Å²) in [5, 5.41) is 10.3. The minimum absolute atomic E-state index is 0.123. The first-order valence-electron chi connectivity index (χ1n) is 3.45. The molecule has 14 heavy (non-hydrogen) atoms. The fourth-order valence-corrected chi connectivity index (χ4v) is 0.952. The van der Waals surface area contributed by atoms with Gasteiger partial charge in [-0.3, -0.25) is 0 Å². The maximum absolute atomic E-state index is 10.9. The van der Waals surface area contributed by atoms with Crippen molar-refractivity contribution >= 4 is 23.4 Å². The molecule has 1 aromatic rings. The highest BCUT2D eigenvalue weighted by Gasteiger charge is 2.20. The van der Waals surface area contributed by atoms with Crippen LogP contribution < -0.4 is 0 Å². The Morgan fingerprint density at radius 2 is 2.29 bits per heavy atom. The average Bonchev–Trinajstić information content (AvgIpc) is 2.17. The van der Waals surface area contributed by atoms with Crippen molar-refractivity contribution in [1.29, 1.82) is 0 Å². The molecule has 7 heteroatoms. The molecule has 0 spiro atoms. The molecule has 0 atom stereocenters. The molecule has 0 N–H and O–H groups in total. The van der Waals surface area contributed by atoms with Crippen molar-refractivity contribution in [2.75, 3.05) is 7.11 Å². The molecule has 74 valence electrons. The lowest BCUT2D eigenvalue weighted by molar-refractivity contribution is -0.389. The van der Waals surface area contributed by atoms with Crippen molar-refractivity contribution in [3.8, 4) is 0 Å². The smallest absolute Gasteiger partial charge is 0.383 e. The first-order valence-corrected chi connectivity index (χ1v) is 3.83. The van der Waals surface area contributed by atoms with Gasteiger partial charge in [-0.1, -0.05) is 11.6 Å². The third-order valence-corrected chi connectivity index (χ3v) is 1.69. The largest absolute Gasteiger partial charge is 0.463 e. The molecular weight excluding hydrogens is 212 g/mol. The molecule has 0 saturated heterocycles. The van der Waals surface area contributed by atoms with Crippen LogP contribution in [0, 0.1) is 10.1 Å². The Hall–Kier alpha value is -1.69. The second-order valence-corrected chi connectivity index (χ2v) is 2.66. The number of methoxy groups -OCH3 is 1. The van der Waals surface area contributed by atoms with Crippen LogP contribution in [-0.2, 0) is 4.74 Å². The maximum atomic E-state index is 10.9. The van der Waals surface area contributed by atoms with Crippen molar-refractivity contribution < 1.29 is 14.5 Å². The molecule has 0 aliphatic heterocycles. The van der Waals surface area contributed by atoms with E-state index in [0.717, 1.165) is 7.11 Å². The van der Waals surface area contributed by atoms with Gasteiger partial charge in [0.15, 0.2) is 0 Å². The summed E-state index contributed by atoms with van der Waals surface area (Å²) in [6.45, 7) is 0. The number of nitro groups is 1. The molecule has 6 nitrogen and oxygen atoms in total. The lowest BCUT2D eigenvalue weighted by Crippen LogP contribution is -2.06. The minimum Gasteiger partial charge on any atom is -0.463 e. The number of carbonyl (C=O) groups is 1. The van der Waals surface area contributed by atoms with Crippen LogP contribution in [0.5, 0.6) is 0 Å². The molecular formula is C7H5ClN2O4. The predicted molar refractivity (Wildman–Crippen MR) is 47.2 cm³/mol. The Morgan fingerprint density at radius 1 is 1.64 bits per heavy atom. The van der Waals surface area contributed by atoms with E-state index in [-0.39, 0.29) is 10.7 Å². The van der Waals surface area contributed by atoms with Gasteiger partial charge >= 0.3 is 11.8 Å². The first kappa shape index (κ1) is 10.4. The second kappa shape index (κ2) is 4.01. The summed E-state index contributed by atoms with van der Waals surface area (Å²) in [4.78, 5) is 24.0. The third-order valence-electron chi connectivity index (χ3n) is 1.39. The van der Waals surface area contributed by atoms with E-state index in [2.05, 4.69) is 9.72 Å². The molecule has 0 aliphatic carbocycles. The number of pyridine rings is 1. The summed E-state index contributed by atoms with van der Waals surface area (Å²) >= 11 is 5.48. The summed E-state index contributed by atoms with van der Waals surface area (Å²) in [7, 11) is 1.16. The van der Waals surface area contributed by atoms with Crippen molar-refractivity contribution in [3.05, 3.63) is 33.0 Å². The van der Waals surface area contributed by atoms with Crippen molar-refractivity contribution in [1.82, 2.24) is 4.98 Å². The minimum atomic E-state index is -0.769. The van der Waals surface area contributed by atoms with Crippen molar-refractivity contribution in [2.45, 2.75) is 0 Å². The summed E-state index contributed by atoms with van der Waals surface area (Å²) in [6.07, 6.45) is 0. The number of carbonyl (C=O) groups excluding carboxylic acids is 1. The lowest BCUT2D eigenvalue weighted by Gasteiger charge is -1.96. The number of ether oxygens (including phenoxy) is 1. The van der Waals surface area contributed by atoms with E-state index in [1.165, 1.54) is 12.1 Å². The van der Waals surface area contributed by atoms with E-state index in [9.17, 15) is 14.9 Å². The lowest BCUT2D eigenvalue weighted by atomic mass is 10.3. The van der Waals surface area contributed by atoms with Gasteiger partial charge in [-0.05, 0) is 22.0 Å². The number of hydrogen-bond acceptors (Lipinski definition) is 5. The van der Waals surface area contributed by atoms with Crippen molar-refractivity contribution in [3.63, 3.8) is 0 Å². The molecule has 1 rings (SSSR count). The number of hydrogen-bond donors (Lipinski definition) is 0. The molecule has 0 radical (unpaired) electrons. The van der Waals surface area contributed by atoms with Gasteiger partial charge in [-0.2, -0.15) is 0 Å². The van der Waals surface area contributed by atoms with E-state index < -0.39 is 16.7 Å². The summed E-state index contributed by atoms with van der Waals surface area (Å²) in [6, 6.07) is 2.47. The Morgan fingerprint density at radius 3 is 2.79 bits per heavy atom. The highest BCUT2D eigenvalue weighted by molar-refractivity contribution is 6.32. The standard InChI is InChI=1S/C7H5ClN2O4/c1-14-7(11)5-3-2-4(8)6(9-5)10(12)13/h2-3H,1H3. The zero-order valence-electron chi connectivity index (χ0n) is 7.06. The van der Waals surface area contributed by atoms with Crippen molar-refractivity contribution in [2.24, 2.45) is 0 Å². The molecule has 0 aromatic carbocycles. The molecule has 0 bridgehead atoms. The van der Waals surface area contributed by atoms with E-state index in [4.69, 9.17) is 11.6 Å². The normalized spacial score (nSPS) is 9.57.